The van der Waals surface area contributed by atoms with E-state index >= 15 is 0 Å². The van der Waals surface area contributed by atoms with Crippen LogP contribution in [0, 0.1) is 0 Å². The number of thiophene rings is 1. The molecule has 0 bridgehead atoms. The largest absolute Gasteiger partial charge is 0.456 e. The van der Waals surface area contributed by atoms with Gasteiger partial charge in [0, 0.05) is 64.1 Å². The van der Waals surface area contributed by atoms with Crippen molar-refractivity contribution >= 4 is 75.3 Å². The fraction of sp³-hybridized carbons (Fsp3) is 0. The van der Waals surface area contributed by atoms with Crippen LogP contribution in [0.1, 0.15) is 0 Å². The number of nitrogens with zero attached hydrogens (tertiary/aromatic N) is 4. The predicted molar refractivity (Wildman–Crippen MR) is 236 cm³/mol. The first-order valence-corrected chi connectivity index (χ1v) is 19.8. The van der Waals surface area contributed by atoms with E-state index in [4.69, 9.17) is 19.4 Å². The zero-order chi connectivity index (χ0) is 37.5. The summed E-state index contributed by atoms with van der Waals surface area (Å²) in [6, 6.07) is 64.0. The number of furan rings is 1. The molecule has 57 heavy (non-hydrogen) atoms. The molecule has 4 aromatic heterocycles. The third-order valence-corrected chi connectivity index (χ3v) is 12.2. The molecular formula is C51H30N4OS. The van der Waals surface area contributed by atoms with E-state index in [1.807, 2.05) is 84.1 Å². The second-order valence-electron chi connectivity index (χ2n) is 14.4. The molecule has 0 spiro atoms. The first-order valence-electron chi connectivity index (χ1n) is 19.0. The maximum atomic E-state index is 6.14. The standard InChI is InChI=1S/C51H30N4OS/c1-3-11-31(12-4-1)49-52-50(32-13-5-2-6-14-32)54-51(53-49)35-21-25-47-41(29-35)42-30-36(22-26-48(42)57-47)55-43-17-9-7-15-37(43)39-27-33(19-23-44(39)55)34-20-24-46-40(28-34)38-16-8-10-18-45(38)56-46/h1-30H. The van der Waals surface area contributed by atoms with Crippen LogP contribution in [-0.2, 0) is 0 Å². The Hall–Kier alpha value is -7.41. The van der Waals surface area contributed by atoms with Gasteiger partial charge >= 0.3 is 0 Å². The molecule has 0 saturated carbocycles. The molecule has 4 heterocycles. The topological polar surface area (TPSA) is 56.7 Å². The minimum Gasteiger partial charge on any atom is -0.456 e. The van der Waals surface area contributed by atoms with Crippen LogP contribution in [0.2, 0.25) is 0 Å². The van der Waals surface area contributed by atoms with E-state index in [9.17, 15) is 0 Å². The highest BCUT2D eigenvalue weighted by Crippen LogP contribution is 2.41. The number of fused-ring (bicyclic) bond motifs is 9. The van der Waals surface area contributed by atoms with Crippen LogP contribution in [0.15, 0.2) is 186 Å². The maximum Gasteiger partial charge on any atom is 0.164 e. The molecule has 8 aromatic carbocycles. The monoisotopic (exact) mass is 746 g/mol. The van der Waals surface area contributed by atoms with Crippen molar-refractivity contribution in [2.24, 2.45) is 0 Å². The predicted octanol–water partition coefficient (Wildman–Crippen LogP) is 13.9. The van der Waals surface area contributed by atoms with Gasteiger partial charge < -0.3 is 8.98 Å². The molecular weight excluding hydrogens is 717 g/mol. The number of benzene rings is 8. The SMILES string of the molecule is c1ccc(-c2nc(-c3ccccc3)nc(-c3ccc4sc5ccc(-n6c7ccccc7c7cc(-c8ccc9oc%10ccccc%10c9c8)ccc76)cc5c4c3)n2)cc1. The molecule has 266 valence electrons. The molecule has 0 amide bonds. The van der Waals surface area contributed by atoms with Gasteiger partial charge in [-0.05, 0) is 83.9 Å². The van der Waals surface area contributed by atoms with E-state index in [0.29, 0.717) is 17.5 Å². The highest BCUT2D eigenvalue weighted by Gasteiger charge is 2.18. The Morgan fingerprint density at radius 3 is 1.63 bits per heavy atom. The van der Waals surface area contributed by atoms with Crippen molar-refractivity contribution in [1.82, 2.24) is 19.5 Å². The quantitative estimate of drug-likeness (QED) is 0.176. The Bertz CT molecular complexity index is 3470. The molecule has 0 N–H and O–H groups in total. The lowest BCUT2D eigenvalue weighted by Crippen LogP contribution is -2.00. The molecule has 6 heteroatoms. The fourth-order valence-electron chi connectivity index (χ4n) is 8.32. The second kappa shape index (κ2) is 12.6. The zero-order valence-electron chi connectivity index (χ0n) is 30.4. The minimum absolute atomic E-state index is 0.651. The summed E-state index contributed by atoms with van der Waals surface area (Å²) in [4.78, 5) is 15.0. The van der Waals surface area contributed by atoms with Crippen molar-refractivity contribution in [2.45, 2.75) is 0 Å². The number of rotatable bonds is 5. The van der Waals surface area contributed by atoms with Crippen molar-refractivity contribution in [2.75, 3.05) is 0 Å². The van der Waals surface area contributed by atoms with Gasteiger partial charge in [0.05, 0.1) is 11.0 Å². The highest BCUT2D eigenvalue weighted by molar-refractivity contribution is 7.25. The van der Waals surface area contributed by atoms with Gasteiger partial charge in [0.15, 0.2) is 17.5 Å². The molecule has 0 unspecified atom stereocenters. The van der Waals surface area contributed by atoms with Gasteiger partial charge in [-0.3, -0.25) is 0 Å². The molecule has 5 nitrogen and oxygen atoms in total. The summed E-state index contributed by atoms with van der Waals surface area (Å²) in [6.07, 6.45) is 0. The first kappa shape index (κ1) is 31.9. The lowest BCUT2D eigenvalue weighted by atomic mass is 10.0. The third kappa shape index (κ3) is 5.19. The van der Waals surface area contributed by atoms with Gasteiger partial charge in [-0.2, -0.15) is 0 Å². The van der Waals surface area contributed by atoms with Gasteiger partial charge in [-0.1, -0.05) is 109 Å². The normalized spacial score (nSPS) is 11.9. The van der Waals surface area contributed by atoms with Crippen LogP contribution >= 0.6 is 11.3 Å². The van der Waals surface area contributed by atoms with Crippen molar-refractivity contribution in [3.05, 3.63) is 182 Å². The van der Waals surface area contributed by atoms with Gasteiger partial charge in [0.25, 0.3) is 0 Å². The summed E-state index contributed by atoms with van der Waals surface area (Å²) in [6.45, 7) is 0. The fourth-order valence-corrected chi connectivity index (χ4v) is 9.38. The summed E-state index contributed by atoms with van der Waals surface area (Å²) in [5, 5.41) is 7.10. The van der Waals surface area contributed by atoms with Gasteiger partial charge in [-0.25, -0.2) is 15.0 Å². The number of hydrogen-bond acceptors (Lipinski definition) is 5. The molecule has 0 aliphatic carbocycles. The Kier molecular flexibility index (Phi) is 7.03. The summed E-state index contributed by atoms with van der Waals surface area (Å²) in [5.41, 5.74) is 10.5. The molecule has 12 aromatic rings. The number of aromatic nitrogens is 4. The van der Waals surface area contributed by atoms with Crippen molar-refractivity contribution in [3.63, 3.8) is 0 Å². The van der Waals surface area contributed by atoms with E-state index in [0.717, 1.165) is 44.3 Å². The number of para-hydroxylation sites is 2. The molecule has 0 atom stereocenters. The molecule has 0 aliphatic heterocycles. The van der Waals surface area contributed by atoms with Crippen molar-refractivity contribution in [1.29, 1.82) is 0 Å². The van der Waals surface area contributed by atoms with Crippen LogP contribution in [0.25, 0.3) is 115 Å². The minimum atomic E-state index is 0.651. The van der Waals surface area contributed by atoms with Crippen molar-refractivity contribution in [3.8, 4) is 51.0 Å². The summed E-state index contributed by atoms with van der Waals surface area (Å²) < 4.78 is 11.0. The van der Waals surface area contributed by atoms with E-state index < -0.39 is 0 Å². The summed E-state index contributed by atoms with van der Waals surface area (Å²) in [7, 11) is 0. The van der Waals surface area contributed by atoms with Crippen LogP contribution in [0.3, 0.4) is 0 Å². The van der Waals surface area contributed by atoms with E-state index in [1.165, 1.54) is 53.1 Å². The first-order chi connectivity index (χ1) is 28.2. The Morgan fingerprint density at radius 2 is 0.877 bits per heavy atom. The van der Waals surface area contributed by atoms with Gasteiger partial charge in [-0.15, -0.1) is 11.3 Å². The average molecular weight is 747 g/mol. The number of hydrogen-bond donors (Lipinski definition) is 0. The lowest BCUT2D eigenvalue weighted by Gasteiger charge is -2.10. The molecule has 0 saturated heterocycles. The lowest BCUT2D eigenvalue weighted by molar-refractivity contribution is 0.669. The summed E-state index contributed by atoms with van der Waals surface area (Å²) >= 11 is 1.81. The third-order valence-electron chi connectivity index (χ3n) is 11.1. The van der Waals surface area contributed by atoms with Gasteiger partial charge in [0.2, 0.25) is 0 Å². The highest BCUT2D eigenvalue weighted by atomic mass is 32.1. The maximum absolute atomic E-state index is 6.14. The molecule has 0 radical (unpaired) electrons. The van der Waals surface area contributed by atoms with E-state index in [2.05, 4.69) is 114 Å². The second-order valence-corrected chi connectivity index (χ2v) is 15.5. The molecule has 0 aliphatic rings. The van der Waals surface area contributed by atoms with Gasteiger partial charge in [0.1, 0.15) is 11.2 Å². The van der Waals surface area contributed by atoms with Crippen LogP contribution < -0.4 is 0 Å². The van der Waals surface area contributed by atoms with Crippen molar-refractivity contribution < 1.29 is 4.42 Å². The van der Waals surface area contributed by atoms with Crippen LogP contribution in [-0.4, -0.2) is 19.5 Å². The van der Waals surface area contributed by atoms with E-state index in [1.54, 1.807) is 0 Å². The van der Waals surface area contributed by atoms with Crippen LogP contribution in [0.5, 0.6) is 0 Å². The summed E-state index contributed by atoms with van der Waals surface area (Å²) in [5.74, 6) is 1.96. The van der Waals surface area contributed by atoms with Crippen LogP contribution in [0.4, 0.5) is 0 Å². The molecule has 0 fully saturated rings. The molecule has 12 rings (SSSR count). The Labute approximate surface area is 330 Å². The van der Waals surface area contributed by atoms with E-state index in [-0.39, 0.29) is 0 Å². The average Bonchev–Trinajstić information content (AvgIpc) is 3.95. The zero-order valence-corrected chi connectivity index (χ0v) is 31.2. The smallest absolute Gasteiger partial charge is 0.164 e. The Morgan fingerprint density at radius 1 is 0.351 bits per heavy atom. The Balaban J connectivity index is 0.999.